The van der Waals surface area contributed by atoms with E-state index >= 15 is 0 Å². The van der Waals surface area contributed by atoms with E-state index < -0.39 is 0 Å². The molecule has 1 atom stereocenters. The number of halogens is 1. The smallest absolute Gasteiger partial charge is 0.223 e. The molecular formula is C23H30FN5O2. The van der Waals surface area contributed by atoms with Gasteiger partial charge in [-0.25, -0.2) is 9.07 Å². The quantitative estimate of drug-likeness (QED) is 0.794. The van der Waals surface area contributed by atoms with Crippen LogP contribution in [0.4, 0.5) is 4.39 Å². The number of carbonyl (C=O) groups excluding carboxylic acids is 1. The first kappa shape index (κ1) is 20.6. The van der Waals surface area contributed by atoms with Gasteiger partial charge in [-0.1, -0.05) is 36.3 Å². The molecule has 0 spiro atoms. The van der Waals surface area contributed by atoms with Gasteiger partial charge in [-0.05, 0) is 31.7 Å². The van der Waals surface area contributed by atoms with E-state index in [4.69, 9.17) is 4.74 Å². The second-order valence-corrected chi connectivity index (χ2v) is 9.03. The van der Waals surface area contributed by atoms with Crippen LogP contribution in [0.15, 0.2) is 24.3 Å². The minimum atomic E-state index is -0.345. The number of amides is 1. The number of benzene rings is 1. The van der Waals surface area contributed by atoms with Crippen LogP contribution in [0.5, 0.6) is 0 Å². The molecule has 5 rings (SSSR count). The van der Waals surface area contributed by atoms with Gasteiger partial charge in [0.1, 0.15) is 17.6 Å². The number of likely N-dealkylation sites (tertiary alicyclic amines) is 1. The fourth-order valence-electron chi connectivity index (χ4n) is 5.06. The van der Waals surface area contributed by atoms with Gasteiger partial charge < -0.3 is 10.1 Å². The SMILES string of the molecule is O=C(NC1CCN(Cc2nnn3c2CO[C@H](c2ccccc2F)C3)CC1)C1CCCC1. The molecule has 31 heavy (non-hydrogen) atoms. The maximum absolute atomic E-state index is 14.1. The molecule has 1 N–H and O–H groups in total. The number of rotatable bonds is 5. The second-order valence-electron chi connectivity index (χ2n) is 9.03. The number of nitrogens with one attached hydrogen (secondary N) is 1. The summed E-state index contributed by atoms with van der Waals surface area (Å²) in [4.78, 5) is 14.7. The first-order valence-electron chi connectivity index (χ1n) is 11.5. The Bertz CT molecular complexity index is 918. The van der Waals surface area contributed by atoms with E-state index in [-0.39, 0.29) is 29.8 Å². The summed E-state index contributed by atoms with van der Waals surface area (Å²) in [7, 11) is 0. The zero-order chi connectivity index (χ0) is 21.2. The second kappa shape index (κ2) is 9.04. The van der Waals surface area contributed by atoms with Gasteiger partial charge in [0.25, 0.3) is 0 Å². The van der Waals surface area contributed by atoms with Crippen molar-refractivity contribution in [2.24, 2.45) is 5.92 Å². The molecule has 2 aromatic rings. The zero-order valence-corrected chi connectivity index (χ0v) is 17.8. The average Bonchev–Trinajstić information content (AvgIpc) is 3.46. The molecule has 0 radical (unpaired) electrons. The van der Waals surface area contributed by atoms with Gasteiger partial charge in [0, 0.05) is 37.2 Å². The third kappa shape index (κ3) is 4.50. The van der Waals surface area contributed by atoms with Crippen LogP contribution in [-0.4, -0.2) is 44.9 Å². The molecule has 1 amide bonds. The molecule has 1 aromatic carbocycles. The Morgan fingerprint density at radius 3 is 2.71 bits per heavy atom. The minimum absolute atomic E-state index is 0.231. The number of fused-ring (bicyclic) bond motifs is 1. The third-order valence-electron chi connectivity index (χ3n) is 6.96. The van der Waals surface area contributed by atoms with Crippen molar-refractivity contribution in [1.29, 1.82) is 0 Å². The van der Waals surface area contributed by atoms with Crippen molar-refractivity contribution in [2.45, 2.75) is 70.4 Å². The van der Waals surface area contributed by atoms with Gasteiger partial charge in [0.15, 0.2) is 0 Å². The molecule has 166 valence electrons. The number of carbonyl (C=O) groups is 1. The van der Waals surface area contributed by atoms with Crippen LogP contribution < -0.4 is 5.32 Å². The van der Waals surface area contributed by atoms with Gasteiger partial charge >= 0.3 is 0 Å². The largest absolute Gasteiger partial charge is 0.365 e. The molecule has 3 aliphatic rings. The lowest BCUT2D eigenvalue weighted by molar-refractivity contribution is -0.125. The minimum Gasteiger partial charge on any atom is -0.365 e. The van der Waals surface area contributed by atoms with Gasteiger partial charge in [0.2, 0.25) is 5.91 Å². The van der Waals surface area contributed by atoms with Crippen molar-refractivity contribution in [3.8, 4) is 0 Å². The Morgan fingerprint density at radius 2 is 1.94 bits per heavy atom. The summed E-state index contributed by atoms with van der Waals surface area (Å²) in [5, 5.41) is 12.0. The Labute approximate surface area is 181 Å². The molecule has 3 heterocycles. The zero-order valence-electron chi connectivity index (χ0n) is 17.8. The highest BCUT2D eigenvalue weighted by atomic mass is 19.1. The lowest BCUT2D eigenvalue weighted by Gasteiger charge is -2.32. The first-order valence-corrected chi connectivity index (χ1v) is 11.5. The Hall–Kier alpha value is -2.32. The van der Waals surface area contributed by atoms with Crippen LogP contribution in [0.2, 0.25) is 0 Å². The van der Waals surface area contributed by atoms with E-state index in [1.807, 2.05) is 10.7 Å². The normalized spacial score (nSPS) is 23.1. The molecule has 2 fully saturated rings. The molecule has 0 bridgehead atoms. The number of hydrogen-bond acceptors (Lipinski definition) is 5. The monoisotopic (exact) mass is 427 g/mol. The number of ether oxygens (including phenoxy) is 1. The Balaban J connectivity index is 1.14. The number of aromatic nitrogens is 3. The van der Waals surface area contributed by atoms with Crippen LogP contribution in [0, 0.1) is 11.7 Å². The van der Waals surface area contributed by atoms with Gasteiger partial charge in [-0.2, -0.15) is 0 Å². The summed E-state index contributed by atoms with van der Waals surface area (Å²) in [5.41, 5.74) is 2.47. The lowest BCUT2D eigenvalue weighted by atomic mass is 10.0. The molecule has 7 nitrogen and oxygen atoms in total. The number of nitrogens with zero attached hydrogens (tertiary/aromatic N) is 4. The fourth-order valence-corrected chi connectivity index (χ4v) is 5.06. The van der Waals surface area contributed by atoms with E-state index in [9.17, 15) is 9.18 Å². The average molecular weight is 428 g/mol. The highest BCUT2D eigenvalue weighted by Crippen LogP contribution is 2.29. The Morgan fingerprint density at radius 1 is 1.16 bits per heavy atom. The Kier molecular flexibility index (Phi) is 6.00. The topological polar surface area (TPSA) is 72.3 Å². The summed E-state index contributed by atoms with van der Waals surface area (Å²) in [6.45, 7) is 3.45. The lowest BCUT2D eigenvalue weighted by Crippen LogP contribution is -2.45. The highest BCUT2D eigenvalue weighted by Gasteiger charge is 2.29. The molecule has 1 saturated carbocycles. The van der Waals surface area contributed by atoms with Crippen molar-refractivity contribution in [1.82, 2.24) is 25.2 Å². The molecule has 1 saturated heterocycles. The van der Waals surface area contributed by atoms with E-state index in [2.05, 4.69) is 20.5 Å². The van der Waals surface area contributed by atoms with Crippen molar-refractivity contribution >= 4 is 5.91 Å². The molecular weight excluding hydrogens is 397 g/mol. The van der Waals surface area contributed by atoms with Gasteiger partial charge in [-0.3, -0.25) is 9.69 Å². The predicted molar refractivity (Wildman–Crippen MR) is 112 cm³/mol. The van der Waals surface area contributed by atoms with Crippen LogP contribution in [0.1, 0.15) is 61.6 Å². The molecule has 1 aromatic heterocycles. The summed E-state index contributed by atoms with van der Waals surface area (Å²) < 4.78 is 21.9. The van der Waals surface area contributed by atoms with Gasteiger partial charge in [-0.15, -0.1) is 5.10 Å². The van der Waals surface area contributed by atoms with Crippen molar-refractivity contribution < 1.29 is 13.9 Å². The maximum atomic E-state index is 14.1. The summed E-state index contributed by atoms with van der Waals surface area (Å²) in [6.07, 6.45) is 6.05. The number of piperidine rings is 1. The first-order chi connectivity index (χ1) is 15.2. The van der Waals surface area contributed by atoms with E-state index in [0.717, 1.165) is 56.7 Å². The van der Waals surface area contributed by atoms with Crippen LogP contribution in [0.3, 0.4) is 0 Å². The number of hydrogen-bond donors (Lipinski definition) is 1. The van der Waals surface area contributed by atoms with Crippen molar-refractivity contribution in [3.05, 3.63) is 47.0 Å². The summed E-state index contributed by atoms with van der Waals surface area (Å²) in [6, 6.07) is 7.01. The molecule has 2 aliphatic heterocycles. The highest BCUT2D eigenvalue weighted by molar-refractivity contribution is 5.79. The predicted octanol–water partition coefficient (Wildman–Crippen LogP) is 2.96. The fraction of sp³-hybridized carbons (Fsp3) is 0.609. The van der Waals surface area contributed by atoms with Gasteiger partial charge in [0.05, 0.1) is 18.8 Å². The molecule has 0 unspecified atom stereocenters. The third-order valence-corrected chi connectivity index (χ3v) is 6.96. The van der Waals surface area contributed by atoms with E-state index in [1.54, 1.807) is 12.1 Å². The van der Waals surface area contributed by atoms with Crippen LogP contribution in [-0.2, 0) is 29.2 Å². The summed E-state index contributed by atoms with van der Waals surface area (Å²) in [5.74, 6) is 0.235. The summed E-state index contributed by atoms with van der Waals surface area (Å²) >= 11 is 0. The van der Waals surface area contributed by atoms with Crippen molar-refractivity contribution in [2.75, 3.05) is 13.1 Å². The van der Waals surface area contributed by atoms with Crippen molar-refractivity contribution in [3.63, 3.8) is 0 Å². The van der Waals surface area contributed by atoms with E-state index in [1.165, 1.54) is 18.9 Å². The molecule has 1 aliphatic carbocycles. The maximum Gasteiger partial charge on any atom is 0.223 e. The van der Waals surface area contributed by atoms with Crippen LogP contribution in [0.25, 0.3) is 0 Å². The standard InChI is InChI=1S/C23H30FN5O2/c24-19-8-4-3-7-18(19)22-14-29-21(15-31-22)20(26-27-29)13-28-11-9-17(10-12-28)25-23(30)16-5-1-2-6-16/h3-4,7-8,16-17,22H,1-2,5-6,9-15H2,(H,25,30)/t22-/m0/s1. The molecule has 8 heteroatoms. The van der Waals surface area contributed by atoms with Crippen LogP contribution >= 0.6 is 0 Å². The van der Waals surface area contributed by atoms with E-state index in [0.29, 0.717) is 18.7 Å².